The Morgan fingerprint density at radius 1 is 0.591 bits per heavy atom. The van der Waals surface area contributed by atoms with Crippen molar-refractivity contribution in [2.24, 2.45) is 0 Å². The van der Waals surface area contributed by atoms with Gasteiger partial charge in [0.05, 0.1) is 0 Å². The smallest absolute Gasteiger partial charge is 0.00893 e. The minimum Gasteiger partial charge on any atom is -0.0654 e. The maximum Gasteiger partial charge on any atom is 0.00893 e. The van der Waals surface area contributed by atoms with Gasteiger partial charge in [-0.25, -0.2) is 0 Å². The largest absolute Gasteiger partial charge is 0.0654 e. The summed E-state index contributed by atoms with van der Waals surface area (Å²) in [5.74, 6) is 0.554. The van der Waals surface area contributed by atoms with E-state index in [1.807, 2.05) is 0 Å². The fourth-order valence-corrected chi connectivity index (χ4v) is 3.20. The molecule has 2 aromatic rings. The topological polar surface area (TPSA) is 0 Å². The Hall–Kier alpha value is -1.56. The van der Waals surface area contributed by atoms with E-state index in [1.54, 1.807) is 0 Å². The van der Waals surface area contributed by atoms with Crippen LogP contribution in [0, 0.1) is 0 Å². The third-order valence-electron chi connectivity index (χ3n) is 4.50. The van der Waals surface area contributed by atoms with Gasteiger partial charge in [-0.05, 0) is 17.5 Å². The normalized spacial score (nSPS) is 11.0. The number of hydrogen-bond acceptors (Lipinski definition) is 0. The zero-order chi connectivity index (χ0) is 15.5. The SMILES string of the molecule is CCCCCCCCCC(c1ccccc1)c1ccccc1. The quantitative estimate of drug-likeness (QED) is 0.415. The van der Waals surface area contributed by atoms with Crippen LogP contribution in [0.5, 0.6) is 0 Å². The predicted octanol–water partition coefficient (Wildman–Crippen LogP) is 6.96. The van der Waals surface area contributed by atoms with E-state index in [0.717, 1.165) is 0 Å². The molecular formula is C22H30. The van der Waals surface area contributed by atoms with Crippen LogP contribution in [0.25, 0.3) is 0 Å². The van der Waals surface area contributed by atoms with E-state index in [4.69, 9.17) is 0 Å². The van der Waals surface area contributed by atoms with Gasteiger partial charge in [-0.2, -0.15) is 0 Å². The van der Waals surface area contributed by atoms with Gasteiger partial charge in [0, 0.05) is 5.92 Å². The molecule has 2 aromatic carbocycles. The molecule has 0 heteroatoms. The summed E-state index contributed by atoms with van der Waals surface area (Å²) in [7, 11) is 0. The summed E-state index contributed by atoms with van der Waals surface area (Å²) in [5, 5.41) is 0. The highest BCUT2D eigenvalue weighted by molar-refractivity contribution is 5.32. The van der Waals surface area contributed by atoms with Crippen LogP contribution in [0.3, 0.4) is 0 Å². The van der Waals surface area contributed by atoms with Crippen molar-refractivity contribution in [2.45, 2.75) is 64.2 Å². The Balaban J connectivity index is 1.87. The van der Waals surface area contributed by atoms with E-state index >= 15 is 0 Å². The summed E-state index contributed by atoms with van der Waals surface area (Å²) in [6.45, 7) is 2.28. The standard InChI is InChI=1S/C22H30/c1-2-3-4-5-6-7-14-19-22(20-15-10-8-11-16-20)21-17-12-9-13-18-21/h8-13,15-18,22H,2-7,14,19H2,1H3. The lowest BCUT2D eigenvalue weighted by atomic mass is 9.87. The Kier molecular flexibility index (Phi) is 7.80. The molecule has 0 aliphatic carbocycles. The third-order valence-corrected chi connectivity index (χ3v) is 4.50. The fourth-order valence-electron chi connectivity index (χ4n) is 3.20. The van der Waals surface area contributed by atoms with E-state index in [-0.39, 0.29) is 0 Å². The van der Waals surface area contributed by atoms with Gasteiger partial charge in [0.2, 0.25) is 0 Å². The number of hydrogen-bond donors (Lipinski definition) is 0. The van der Waals surface area contributed by atoms with Crippen LogP contribution in [0.2, 0.25) is 0 Å². The molecule has 118 valence electrons. The van der Waals surface area contributed by atoms with Crippen LogP contribution < -0.4 is 0 Å². The second-order valence-corrected chi connectivity index (χ2v) is 6.28. The van der Waals surface area contributed by atoms with Crippen molar-refractivity contribution in [1.29, 1.82) is 0 Å². The molecule has 0 atom stereocenters. The molecule has 0 heterocycles. The first-order chi connectivity index (χ1) is 10.9. The number of rotatable bonds is 10. The van der Waals surface area contributed by atoms with Crippen LogP contribution >= 0.6 is 0 Å². The predicted molar refractivity (Wildman–Crippen MR) is 97.3 cm³/mol. The molecule has 0 spiro atoms. The Bertz CT molecular complexity index is 446. The van der Waals surface area contributed by atoms with Crippen LogP contribution in [0.4, 0.5) is 0 Å². The molecule has 0 unspecified atom stereocenters. The lowest BCUT2D eigenvalue weighted by Gasteiger charge is -2.18. The highest BCUT2D eigenvalue weighted by Gasteiger charge is 2.12. The Morgan fingerprint density at radius 3 is 1.55 bits per heavy atom. The minimum atomic E-state index is 0.554. The first-order valence-corrected chi connectivity index (χ1v) is 9.01. The molecule has 22 heavy (non-hydrogen) atoms. The van der Waals surface area contributed by atoms with Crippen molar-refractivity contribution in [3.8, 4) is 0 Å². The first kappa shape index (κ1) is 16.8. The summed E-state index contributed by atoms with van der Waals surface area (Å²) in [5.41, 5.74) is 2.92. The molecule has 0 aliphatic rings. The zero-order valence-electron chi connectivity index (χ0n) is 14.0. The van der Waals surface area contributed by atoms with Gasteiger partial charge < -0.3 is 0 Å². The van der Waals surface area contributed by atoms with E-state index in [2.05, 4.69) is 67.6 Å². The molecule has 0 amide bonds. The highest BCUT2D eigenvalue weighted by Crippen LogP contribution is 2.29. The molecule has 0 radical (unpaired) electrons. The molecule has 0 saturated heterocycles. The Labute approximate surface area is 136 Å². The summed E-state index contributed by atoms with van der Waals surface area (Å²) in [4.78, 5) is 0. The zero-order valence-corrected chi connectivity index (χ0v) is 14.0. The summed E-state index contributed by atoms with van der Waals surface area (Å²) in [6, 6.07) is 22.0. The first-order valence-electron chi connectivity index (χ1n) is 9.01. The average molecular weight is 294 g/mol. The lowest BCUT2D eigenvalue weighted by molar-refractivity contribution is 0.559. The van der Waals surface area contributed by atoms with E-state index in [0.29, 0.717) is 5.92 Å². The van der Waals surface area contributed by atoms with Crippen molar-refractivity contribution >= 4 is 0 Å². The van der Waals surface area contributed by atoms with E-state index < -0.39 is 0 Å². The van der Waals surface area contributed by atoms with Crippen LogP contribution in [-0.2, 0) is 0 Å². The molecule has 0 nitrogen and oxygen atoms in total. The summed E-state index contributed by atoms with van der Waals surface area (Å²) >= 11 is 0. The van der Waals surface area contributed by atoms with Gasteiger partial charge in [-0.3, -0.25) is 0 Å². The monoisotopic (exact) mass is 294 g/mol. The van der Waals surface area contributed by atoms with Crippen molar-refractivity contribution in [2.75, 3.05) is 0 Å². The number of benzene rings is 2. The third kappa shape index (κ3) is 5.67. The van der Waals surface area contributed by atoms with Crippen molar-refractivity contribution in [3.05, 3.63) is 71.8 Å². The molecule has 2 rings (SSSR count). The van der Waals surface area contributed by atoms with Gasteiger partial charge in [-0.1, -0.05) is 113 Å². The lowest BCUT2D eigenvalue weighted by Crippen LogP contribution is -2.01. The van der Waals surface area contributed by atoms with Gasteiger partial charge >= 0.3 is 0 Å². The molecule has 0 saturated carbocycles. The summed E-state index contributed by atoms with van der Waals surface area (Å²) in [6.07, 6.45) is 10.9. The molecular weight excluding hydrogens is 264 g/mol. The van der Waals surface area contributed by atoms with Crippen LogP contribution in [-0.4, -0.2) is 0 Å². The van der Waals surface area contributed by atoms with Crippen molar-refractivity contribution < 1.29 is 0 Å². The van der Waals surface area contributed by atoms with Crippen molar-refractivity contribution in [1.82, 2.24) is 0 Å². The van der Waals surface area contributed by atoms with Crippen LogP contribution in [0.1, 0.15) is 75.3 Å². The van der Waals surface area contributed by atoms with Gasteiger partial charge in [-0.15, -0.1) is 0 Å². The minimum absolute atomic E-state index is 0.554. The van der Waals surface area contributed by atoms with Gasteiger partial charge in [0.1, 0.15) is 0 Å². The van der Waals surface area contributed by atoms with E-state index in [9.17, 15) is 0 Å². The number of unbranched alkanes of at least 4 members (excludes halogenated alkanes) is 6. The molecule has 0 N–H and O–H groups in total. The van der Waals surface area contributed by atoms with Crippen molar-refractivity contribution in [3.63, 3.8) is 0 Å². The fraction of sp³-hybridized carbons (Fsp3) is 0.455. The molecule has 0 aliphatic heterocycles. The van der Waals surface area contributed by atoms with Gasteiger partial charge in [0.15, 0.2) is 0 Å². The van der Waals surface area contributed by atoms with Crippen LogP contribution in [0.15, 0.2) is 60.7 Å². The molecule has 0 fully saturated rings. The second-order valence-electron chi connectivity index (χ2n) is 6.28. The van der Waals surface area contributed by atoms with E-state index in [1.165, 1.54) is 62.5 Å². The average Bonchev–Trinajstić information content (AvgIpc) is 2.59. The second kappa shape index (κ2) is 10.2. The highest BCUT2D eigenvalue weighted by atomic mass is 14.2. The van der Waals surface area contributed by atoms with Gasteiger partial charge in [0.25, 0.3) is 0 Å². The maximum absolute atomic E-state index is 2.28. The maximum atomic E-state index is 2.28. The molecule has 0 bridgehead atoms. The molecule has 0 aromatic heterocycles. The Morgan fingerprint density at radius 2 is 1.05 bits per heavy atom. The summed E-state index contributed by atoms with van der Waals surface area (Å²) < 4.78 is 0.